The van der Waals surface area contributed by atoms with Crippen LogP contribution in [-0.4, -0.2) is 33.7 Å². The van der Waals surface area contributed by atoms with E-state index < -0.39 is 17.2 Å². The molecule has 0 bridgehead atoms. The van der Waals surface area contributed by atoms with E-state index in [1.54, 1.807) is 35.4 Å². The first-order valence-corrected chi connectivity index (χ1v) is 9.55. The number of carbonyl (C=O) groups excluding carboxylic acids is 2. The van der Waals surface area contributed by atoms with Crippen LogP contribution in [0.2, 0.25) is 0 Å². The normalized spacial score (nSPS) is 14.9. The Balaban J connectivity index is 0.000000255. The molecule has 0 unspecified atom stereocenters. The molecule has 1 atom stereocenters. The summed E-state index contributed by atoms with van der Waals surface area (Å²) >= 11 is 0. The molecule has 5 heteroatoms. The first-order chi connectivity index (χ1) is 13.2. The third-order valence-electron chi connectivity index (χ3n) is 4.61. The Labute approximate surface area is 166 Å². The number of hydrogen-bond acceptors (Lipinski definition) is 4. The van der Waals surface area contributed by atoms with Crippen LogP contribution in [0.15, 0.2) is 54.6 Å². The van der Waals surface area contributed by atoms with E-state index in [1.807, 2.05) is 6.07 Å². The van der Waals surface area contributed by atoms with Crippen LogP contribution in [0.25, 0.3) is 0 Å². The van der Waals surface area contributed by atoms with Crippen LogP contribution in [-0.2, 0) is 28.9 Å². The summed E-state index contributed by atoms with van der Waals surface area (Å²) in [5.41, 5.74) is 0.557. The van der Waals surface area contributed by atoms with Gasteiger partial charge in [-0.05, 0) is 49.8 Å². The van der Waals surface area contributed by atoms with Crippen molar-refractivity contribution in [2.75, 3.05) is 0 Å². The van der Waals surface area contributed by atoms with E-state index in [0.29, 0.717) is 6.29 Å². The van der Waals surface area contributed by atoms with Crippen molar-refractivity contribution in [1.82, 2.24) is 5.32 Å². The summed E-state index contributed by atoms with van der Waals surface area (Å²) in [6.45, 7) is 2.77. The zero-order chi connectivity index (χ0) is 20.6. The standard InChI is InChI=1S/C14H19NO4.C9H10/c1-13(2,18)15-12(17)14(19,8-9-16)10-11-6-4-3-5-7-11;1-2-5-9-7-3-6-8(9)4-1/h3-7,9,18-19H,8,10H2,1-2H3,(H,15,17);1-2,4-5H,3,6-7H2/t14-;/m0./s1. The van der Waals surface area contributed by atoms with E-state index in [4.69, 9.17) is 0 Å². The van der Waals surface area contributed by atoms with Crippen LogP contribution in [0.4, 0.5) is 0 Å². The molecule has 0 heterocycles. The van der Waals surface area contributed by atoms with Gasteiger partial charge in [-0.1, -0.05) is 54.6 Å². The summed E-state index contributed by atoms with van der Waals surface area (Å²) < 4.78 is 0. The molecule has 0 saturated heterocycles. The van der Waals surface area contributed by atoms with Gasteiger partial charge in [-0.2, -0.15) is 0 Å². The maximum Gasteiger partial charge on any atom is 0.254 e. The molecule has 1 amide bonds. The molecule has 0 saturated carbocycles. The molecule has 0 spiro atoms. The lowest BCUT2D eigenvalue weighted by Crippen LogP contribution is -2.55. The van der Waals surface area contributed by atoms with Gasteiger partial charge in [-0.15, -0.1) is 0 Å². The second-order valence-electron chi connectivity index (χ2n) is 7.70. The summed E-state index contributed by atoms with van der Waals surface area (Å²) in [4.78, 5) is 22.7. The second kappa shape index (κ2) is 9.62. The minimum Gasteiger partial charge on any atom is -0.379 e. The lowest BCUT2D eigenvalue weighted by Gasteiger charge is -2.29. The average Bonchev–Trinajstić information content (AvgIpc) is 3.10. The fourth-order valence-corrected chi connectivity index (χ4v) is 3.23. The lowest BCUT2D eigenvalue weighted by atomic mass is 9.90. The van der Waals surface area contributed by atoms with E-state index >= 15 is 0 Å². The van der Waals surface area contributed by atoms with Crippen molar-refractivity contribution in [2.45, 2.75) is 57.3 Å². The maximum atomic E-state index is 12.0. The molecule has 0 aliphatic heterocycles. The summed E-state index contributed by atoms with van der Waals surface area (Å²) in [6.07, 6.45) is 4.14. The van der Waals surface area contributed by atoms with Gasteiger partial charge in [-0.25, -0.2) is 0 Å². The number of carbonyl (C=O) groups is 2. The van der Waals surface area contributed by atoms with Gasteiger partial charge in [0.05, 0.1) is 0 Å². The van der Waals surface area contributed by atoms with E-state index in [-0.39, 0.29) is 12.8 Å². The van der Waals surface area contributed by atoms with Gasteiger partial charge >= 0.3 is 0 Å². The highest BCUT2D eigenvalue weighted by Gasteiger charge is 2.37. The van der Waals surface area contributed by atoms with E-state index in [9.17, 15) is 19.8 Å². The number of rotatable bonds is 6. The van der Waals surface area contributed by atoms with Gasteiger partial charge in [0, 0.05) is 12.8 Å². The third kappa shape index (κ3) is 6.59. The largest absolute Gasteiger partial charge is 0.379 e. The van der Waals surface area contributed by atoms with Crippen LogP contribution >= 0.6 is 0 Å². The average molecular weight is 383 g/mol. The lowest BCUT2D eigenvalue weighted by molar-refractivity contribution is -0.148. The van der Waals surface area contributed by atoms with Gasteiger partial charge in [0.2, 0.25) is 0 Å². The van der Waals surface area contributed by atoms with Crippen molar-refractivity contribution in [3.8, 4) is 0 Å². The number of fused-ring (bicyclic) bond motifs is 1. The number of aliphatic hydroxyl groups is 2. The van der Waals surface area contributed by atoms with Crippen LogP contribution < -0.4 is 5.32 Å². The van der Waals surface area contributed by atoms with Gasteiger partial charge in [-0.3, -0.25) is 4.79 Å². The summed E-state index contributed by atoms with van der Waals surface area (Å²) in [6, 6.07) is 17.6. The topological polar surface area (TPSA) is 86.6 Å². The molecule has 1 aliphatic rings. The minimum atomic E-state index is -1.86. The zero-order valence-electron chi connectivity index (χ0n) is 16.5. The molecule has 0 fully saturated rings. The number of amides is 1. The summed E-state index contributed by atoms with van der Waals surface area (Å²) in [7, 11) is 0. The Kier molecular flexibility index (Phi) is 7.49. The fourth-order valence-electron chi connectivity index (χ4n) is 3.23. The van der Waals surface area contributed by atoms with Gasteiger partial charge in [0.15, 0.2) is 5.60 Å². The molecular formula is C23H29NO4. The monoisotopic (exact) mass is 383 g/mol. The second-order valence-corrected chi connectivity index (χ2v) is 7.70. The number of aldehydes is 1. The zero-order valence-corrected chi connectivity index (χ0v) is 16.5. The predicted molar refractivity (Wildman–Crippen MR) is 109 cm³/mol. The Bertz CT molecular complexity index is 760. The molecule has 3 N–H and O–H groups in total. The van der Waals surface area contributed by atoms with Gasteiger partial charge < -0.3 is 20.3 Å². The van der Waals surface area contributed by atoms with Crippen LogP contribution in [0.5, 0.6) is 0 Å². The Morgan fingerprint density at radius 1 is 1.00 bits per heavy atom. The van der Waals surface area contributed by atoms with Crippen molar-refractivity contribution < 1.29 is 19.8 Å². The van der Waals surface area contributed by atoms with Crippen LogP contribution in [0.1, 0.15) is 43.4 Å². The quantitative estimate of drug-likeness (QED) is 0.529. The Morgan fingerprint density at radius 3 is 2.04 bits per heavy atom. The van der Waals surface area contributed by atoms with E-state index in [0.717, 1.165) is 5.56 Å². The van der Waals surface area contributed by atoms with Crippen molar-refractivity contribution in [3.05, 3.63) is 71.3 Å². The molecule has 1 aliphatic carbocycles. The first kappa shape index (κ1) is 21.8. The molecular weight excluding hydrogens is 354 g/mol. The highest BCUT2D eigenvalue weighted by molar-refractivity contribution is 5.88. The highest BCUT2D eigenvalue weighted by atomic mass is 16.3. The SMILES string of the molecule is CC(C)(O)NC(=O)[C@](O)(CC=O)Cc1ccccc1.c1ccc2c(c1)CCC2. The third-order valence-corrected chi connectivity index (χ3v) is 4.61. The Hall–Kier alpha value is -2.50. The highest BCUT2D eigenvalue weighted by Crippen LogP contribution is 2.20. The van der Waals surface area contributed by atoms with E-state index in [2.05, 4.69) is 29.6 Å². The molecule has 0 aromatic heterocycles. The molecule has 150 valence electrons. The molecule has 3 rings (SSSR count). The Morgan fingerprint density at radius 2 is 1.54 bits per heavy atom. The van der Waals surface area contributed by atoms with E-state index in [1.165, 1.54) is 33.1 Å². The van der Waals surface area contributed by atoms with Crippen molar-refractivity contribution >= 4 is 12.2 Å². The number of aryl methyl sites for hydroxylation is 2. The first-order valence-electron chi connectivity index (χ1n) is 9.55. The predicted octanol–water partition coefficient (Wildman–Crippen LogP) is 2.57. The van der Waals surface area contributed by atoms with Gasteiger partial charge in [0.1, 0.15) is 12.0 Å². The molecule has 28 heavy (non-hydrogen) atoms. The molecule has 5 nitrogen and oxygen atoms in total. The maximum absolute atomic E-state index is 12.0. The number of benzene rings is 2. The fraction of sp³-hybridized carbons (Fsp3) is 0.391. The molecule has 2 aromatic carbocycles. The minimum absolute atomic E-state index is 0.00843. The van der Waals surface area contributed by atoms with Gasteiger partial charge in [0.25, 0.3) is 5.91 Å². The van der Waals surface area contributed by atoms with Crippen molar-refractivity contribution in [2.24, 2.45) is 0 Å². The van der Waals surface area contributed by atoms with Crippen molar-refractivity contribution in [3.63, 3.8) is 0 Å². The summed E-state index contributed by atoms with van der Waals surface area (Å²) in [5.74, 6) is -0.768. The number of nitrogens with one attached hydrogen (secondary N) is 1. The van der Waals surface area contributed by atoms with Crippen LogP contribution in [0.3, 0.4) is 0 Å². The van der Waals surface area contributed by atoms with Crippen molar-refractivity contribution in [1.29, 1.82) is 0 Å². The summed E-state index contributed by atoms with van der Waals surface area (Å²) in [5, 5.41) is 22.2. The smallest absolute Gasteiger partial charge is 0.254 e. The molecule has 0 radical (unpaired) electrons. The molecule has 2 aromatic rings. The number of hydrogen-bond donors (Lipinski definition) is 3. The van der Waals surface area contributed by atoms with Crippen LogP contribution in [0, 0.1) is 0 Å².